The number of hydrogen-bond donors (Lipinski definition) is 0. The molecule has 0 atom stereocenters. The van der Waals surface area contributed by atoms with E-state index in [0.717, 1.165) is 18.6 Å². The molecule has 0 amide bonds. The molecule has 1 aromatic heterocycles. The van der Waals surface area contributed by atoms with E-state index in [1.165, 1.54) is 27.8 Å². The van der Waals surface area contributed by atoms with Gasteiger partial charge in [0.1, 0.15) is 5.76 Å². The van der Waals surface area contributed by atoms with Crippen molar-refractivity contribution in [1.29, 1.82) is 0 Å². The van der Waals surface area contributed by atoms with Crippen molar-refractivity contribution in [2.45, 2.75) is 52.9 Å². The first-order valence-electron chi connectivity index (χ1n) is 7.57. The Kier molecular flexibility index (Phi) is 4.41. The Morgan fingerprint density at radius 2 is 1.86 bits per heavy atom. The Balaban J connectivity index is 2.05. The molecule has 2 rings (SSSR count). The molecule has 0 fully saturated rings. The highest BCUT2D eigenvalue weighted by Gasteiger charge is 2.18. The summed E-state index contributed by atoms with van der Waals surface area (Å²) in [6.45, 7) is 15.1. The van der Waals surface area contributed by atoms with E-state index in [2.05, 4.69) is 65.5 Å². The summed E-state index contributed by atoms with van der Waals surface area (Å²) in [7, 11) is 0. The molecule has 1 heterocycles. The zero-order chi connectivity index (χ0) is 15.6. The van der Waals surface area contributed by atoms with Crippen LogP contribution in [-0.4, -0.2) is 0 Å². The van der Waals surface area contributed by atoms with Gasteiger partial charge < -0.3 is 4.42 Å². The molecular weight excluding hydrogens is 256 g/mol. The van der Waals surface area contributed by atoms with Crippen molar-refractivity contribution in [3.8, 4) is 0 Å². The molecule has 112 valence electrons. The lowest BCUT2D eigenvalue weighted by molar-refractivity contribution is 0.409. The van der Waals surface area contributed by atoms with Crippen LogP contribution in [0.3, 0.4) is 0 Å². The molecule has 2 aromatic rings. The molecular formula is C20H26O. The summed E-state index contributed by atoms with van der Waals surface area (Å²) in [5.41, 5.74) is 6.60. The van der Waals surface area contributed by atoms with Gasteiger partial charge >= 0.3 is 0 Å². The van der Waals surface area contributed by atoms with Crippen molar-refractivity contribution in [3.05, 3.63) is 70.7 Å². The standard InChI is InChI=1S/C20H26O/c1-14(11-18-9-7-8-15(2)16(18)3)10-17-12-19(21-13-17)20(4,5)6/h7-9,12-13H,1,10-11H2,2-6H3. The SMILES string of the molecule is C=C(Cc1coc(C(C)(C)C)c1)Cc1cccc(C)c1C. The van der Waals surface area contributed by atoms with Gasteiger partial charge in [-0.3, -0.25) is 0 Å². The third kappa shape index (κ3) is 3.87. The Morgan fingerprint density at radius 1 is 1.14 bits per heavy atom. The van der Waals surface area contributed by atoms with Crippen molar-refractivity contribution in [1.82, 2.24) is 0 Å². The van der Waals surface area contributed by atoms with Crippen molar-refractivity contribution in [2.24, 2.45) is 0 Å². The molecule has 1 aromatic carbocycles. The van der Waals surface area contributed by atoms with Gasteiger partial charge in [0.15, 0.2) is 0 Å². The summed E-state index contributed by atoms with van der Waals surface area (Å²) in [6, 6.07) is 8.64. The molecule has 0 saturated heterocycles. The Bertz CT molecular complexity index is 638. The third-order valence-electron chi connectivity index (χ3n) is 4.00. The Labute approximate surface area is 128 Å². The van der Waals surface area contributed by atoms with Crippen molar-refractivity contribution in [3.63, 3.8) is 0 Å². The van der Waals surface area contributed by atoms with E-state index in [4.69, 9.17) is 4.42 Å². The van der Waals surface area contributed by atoms with Crippen LogP contribution in [0.5, 0.6) is 0 Å². The Hall–Kier alpha value is -1.76. The molecule has 1 nitrogen and oxygen atoms in total. The smallest absolute Gasteiger partial charge is 0.109 e. The maximum absolute atomic E-state index is 5.68. The van der Waals surface area contributed by atoms with Crippen molar-refractivity contribution in [2.75, 3.05) is 0 Å². The number of benzene rings is 1. The van der Waals surface area contributed by atoms with Crippen molar-refractivity contribution >= 4 is 0 Å². The van der Waals surface area contributed by atoms with Gasteiger partial charge in [-0.1, -0.05) is 51.1 Å². The average Bonchev–Trinajstić information content (AvgIpc) is 2.83. The first-order chi connectivity index (χ1) is 9.77. The van der Waals surface area contributed by atoms with Crippen LogP contribution in [0.15, 0.2) is 47.1 Å². The summed E-state index contributed by atoms with van der Waals surface area (Å²) >= 11 is 0. The topological polar surface area (TPSA) is 13.1 Å². The largest absolute Gasteiger partial charge is 0.468 e. The predicted octanol–water partition coefficient (Wildman–Crippen LogP) is 5.54. The second kappa shape index (κ2) is 5.93. The van der Waals surface area contributed by atoms with Gasteiger partial charge in [-0.2, -0.15) is 0 Å². The van der Waals surface area contributed by atoms with E-state index in [9.17, 15) is 0 Å². The molecule has 0 unspecified atom stereocenters. The van der Waals surface area contributed by atoms with Gasteiger partial charge in [0.2, 0.25) is 0 Å². The second-order valence-corrected chi connectivity index (χ2v) is 7.03. The minimum Gasteiger partial charge on any atom is -0.468 e. The van der Waals surface area contributed by atoms with E-state index in [0.29, 0.717) is 0 Å². The fraction of sp³-hybridized carbons (Fsp3) is 0.400. The normalized spacial score (nSPS) is 11.7. The summed E-state index contributed by atoms with van der Waals surface area (Å²) in [6.07, 6.45) is 3.69. The quantitative estimate of drug-likeness (QED) is 0.671. The van der Waals surface area contributed by atoms with Crippen LogP contribution in [0, 0.1) is 13.8 Å². The number of furan rings is 1. The van der Waals surface area contributed by atoms with E-state index in [1.54, 1.807) is 0 Å². The van der Waals surface area contributed by atoms with E-state index >= 15 is 0 Å². The van der Waals surface area contributed by atoms with Crippen LogP contribution in [0.1, 0.15) is 48.8 Å². The van der Waals surface area contributed by atoms with Crippen LogP contribution < -0.4 is 0 Å². The molecule has 0 spiro atoms. The Morgan fingerprint density at radius 3 is 2.48 bits per heavy atom. The molecule has 0 N–H and O–H groups in total. The van der Waals surface area contributed by atoms with E-state index in [1.807, 2.05) is 6.26 Å². The van der Waals surface area contributed by atoms with Gasteiger partial charge in [0.05, 0.1) is 6.26 Å². The lowest BCUT2D eigenvalue weighted by Crippen LogP contribution is -2.09. The highest BCUT2D eigenvalue weighted by Crippen LogP contribution is 2.26. The molecule has 21 heavy (non-hydrogen) atoms. The number of hydrogen-bond acceptors (Lipinski definition) is 1. The minimum atomic E-state index is 0.0622. The zero-order valence-corrected chi connectivity index (χ0v) is 13.9. The van der Waals surface area contributed by atoms with Crippen LogP contribution >= 0.6 is 0 Å². The summed E-state index contributed by atoms with van der Waals surface area (Å²) in [5, 5.41) is 0. The average molecular weight is 282 g/mol. The first kappa shape index (κ1) is 15.6. The summed E-state index contributed by atoms with van der Waals surface area (Å²) in [5.74, 6) is 1.04. The van der Waals surface area contributed by atoms with Crippen LogP contribution in [-0.2, 0) is 18.3 Å². The van der Waals surface area contributed by atoms with E-state index in [-0.39, 0.29) is 5.41 Å². The predicted molar refractivity (Wildman–Crippen MR) is 89.9 cm³/mol. The highest BCUT2D eigenvalue weighted by atomic mass is 16.3. The molecule has 0 aliphatic heterocycles. The highest BCUT2D eigenvalue weighted by molar-refractivity contribution is 5.36. The summed E-state index contributed by atoms with van der Waals surface area (Å²) in [4.78, 5) is 0. The van der Waals surface area contributed by atoms with Crippen LogP contribution in [0.2, 0.25) is 0 Å². The first-order valence-corrected chi connectivity index (χ1v) is 7.57. The van der Waals surface area contributed by atoms with Crippen molar-refractivity contribution < 1.29 is 4.42 Å². The monoisotopic (exact) mass is 282 g/mol. The fourth-order valence-corrected chi connectivity index (χ4v) is 2.49. The lowest BCUT2D eigenvalue weighted by Gasteiger charge is -2.13. The van der Waals surface area contributed by atoms with Gasteiger partial charge in [-0.05, 0) is 55.0 Å². The fourth-order valence-electron chi connectivity index (χ4n) is 2.49. The molecule has 0 saturated carbocycles. The van der Waals surface area contributed by atoms with Gasteiger partial charge in [0, 0.05) is 5.41 Å². The maximum Gasteiger partial charge on any atom is 0.109 e. The van der Waals surface area contributed by atoms with E-state index < -0.39 is 0 Å². The summed E-state index contributed by atoms with van der Waals surface area (Å²) < 4.78 is 5.68. The van der Waals surface area contributed by atoms with Crippen LogP contribution in [0.25, 0.3) is 0 Å². The minimum absolute atomic E-state index is 0.0622. The second-order valence-electron chi connectivity index (χ2n) is 7.03. The van der Waals surface area contributed by atoms with Crippen LogP contribution in [0.4, 0.5) is 0 Å². The molecule has 0 aliphatic carbocycles. The molecule has 0 bridgehead atoms. The molecule has 1 heteroatoms. The number of allylic oxidation sites excluding steroid dienone is 1. The van der Waals surface area contributed by atoms with Gasteiger partial charge in [0.25, 0.3) is 0 Å². The maximum atomic E-state index is 5.68. The molecule has 0 aliphatic rings. The lowest BCUT2D eigenvalue weighted by atomic mass is 9.92. The zero-order valence-electron chi connectivity index (χ0n) is 13.9. The van der Waals surface area contributed by atoms with Gasteiger partial charge in [-0.15, -0.1) is 0 Å². The number of aryl methyl sites for hydroxylation is 1. The number of rotatable bonds is 4. The third-order valence-corrected chi connectivity index (χ3v) is 4.00. The van der Waals surface area contributed by atoms with Gasteiger partial charge in [-0.25, -0.2) is 0 Å². The molecule has 0 radical (unpaired) electrons.